The molecule has 2 N–H and O–H groups in total. The van der Waals surface area contributed by atoms with Crippen molar-refractivity contribution in [3.8, 4) is 0 Å². The molecule has 108 valence electrons. The van der Waals surface area contributed by atoms with Crippen LogP contribution in [0.2, 0.25) is 0 Å². The summed E-state index contributed by atoms with van der Waals surface area (Å²) < 4.78 is 3.96. The van der Waals surface area contributed by atoms with Crippen molar-refractivity contribution in [3.05, 3.63) is 62.8 Å². The number of aryl methyl sites for hydroxylation is 1. The molecule has 2 aromatic carbocycles. The molecule has 0 saturated heterocycles. The number of hydrogen-bond acceptors (Lipinski definition) is 2. The second-order valence-corrected chi connectivity index (χ2v) is 6.69. The lowest BCUT2D eigenvalue weighted by Crippen LogP contribution is -2.17. The van der Waals surface area contributed by atoms with E-state index in [2.05, 4.69) is 74.2 Å². The van der Waals surface area contributed by atoms with Gasteiger partial charge in [-0.15, -0.1) is 0 Å². The zero-order valence-electron chi connectivity index (χ0n) is 11.6. The van der Waals surface area contributed by atoms with Crippen molar-refractivity contribution in [1.29, 1.82) is 0 Å². The Morgan fingerprint density at radius 3 is 2.62 bits per heavy atom. The summed E-state index contributed by atoms with van der Waals surface area (Å²) in [7, 11) is 0. The Labute approximate surface area is 140 Å². The van der Waals surface area contributed by atoms with Crippen molar-refractivity contribution in [2.24, 2.45) is 5.73 Å². The number of nitrogens with zero attached hydrogens (tertiary/aromatic N) is 2. The summed E-state index contributed by atoms with van der Waals surface area (Å²) in [5, 5.41) is 6.72. The number of fused-ring (bicyclic) bond motifs is 1. The molecule has 1 atom stereocenters. The molecule has 5 heteroatoms. The molecule has 21 heavy (non-hydrogen) atoms. The molecule has 0 aliphatic heterocycles. The Kier molecular flexibility index (Phi) is 4.15. The van der Waals surface area contributed by atoms with E-state index in [0.29, 0.717) is 0 Å². The lowest BCUT2D eigenvalue weighted by molar-refractivity contribution is 0.600. The predicted octanol–water partition coefficient (Wildman–Crippen LogP) is 4.63. The van der Waals surface area contributed by atoms with Gasteiger partial charge in [0.15, 0.2) is 0 Å². The molecule has 3 aromatic rings. The molecular formula is C16H15Br2N3. The molecule has 0 bridgehead atoms. The smallest absolute Gasteiger partial charge is 0.0738 e. The van der Waals surface area contributed by atoms with Gasteiger partial charge in [0.1, 0.15) is 0 Å². The fourth-order valence-corrected chi connectivity index (χ4v) is 3.44. The van der Waals surface area contributed by atoms with E-state index in [4.69, 9.17) is 5.73 Å². The van der Waals surface area contributed by atoms with Crippen LogP contribution < -0.4 is 5.73 Å². The summed E-state index contributed by atoms with van der Waals surface area (Å²) in [6.45, 7) is 2.86. The third-order valence-electron chi connectivity index (χ3n) is 3.61. The van der Waals surface area contributed by atoms with Gasteiger partial charge in [-0.05, 0) is 57.4 Å². The number of rotatable bonds is 3. The fourth-order valence-electron chi connectivity index (χ4n) is 2.52. The van der Waals surface area contributed by atoms with Crippen molar-refractivity contribution < 1.29 is 0 Å². The van der Waals surface area contributed by atoms with Gasteiger partial charge in [-0.2, -0.15) is 5.10 Å². The molecule has 3 rings (SSSR count). The molecule has 0 fully saturated rings. The van der Waals surface area contributed by atoms with Crippen molar-refractivity contribution >= 4 is 42.6 Å². The van der Waals surface area contributed by atoms with Crippen LogP contribution in [-0.4, -0.2) is 9.78 Å². The average molecular weight is 409 g/mol. The van der Waals surface area contributed by atoms with Crippen LogP contribution in [0.15, 0.2) is 51.5 Å². The van der Waals surface area contributed by atoms with Gasteiger partial charge in [0.25, 0.3) is 0 Å². The standard InChI is InChI=1S/C16H15Br2N3/c1-2-21-16(14(18)9-20-21)15(19)12-4-3-11-8-13(17)6-5-10(11)7-12/h3-9,15H,2,19H2,1H3. The predicted molar refractivity (Wildman–Crippen MR) is 93.3 cm³/mol. The van der Waals surface area contributed by atoms with E-state index in [-0.39, 0.29) is 6.04 Å². The Hall–Kier alpha value is -1.17. The molecule has 1 unspecified atom stereocenters. The quantitative estimate of drug-likeness (QED) is 0.686. The van der Waals surface area contributed by atoms with E-state index in [1.54, 1.807) is 6.20 Å². The molecule has 3 nitrogen and oxygen atoms in total. The fraction of sp³-hybridized carbons (Fsp3) is 0.188. The summed E-state index contributed by atoms with van der Waals surface area (Å²) in [6, 6.07) is 12.4. The largest absolute Gasteiger partial charge is 0.319 e. The first kappa shape index (κ1) is 14.8. The van der Waals surface area contributed by atoms with Crippen LogP contribution in [-0.2, 0) is 6.54 Å². The van der Waals surface area contributed by atoms with E-state index in [0.717, 1.165) is 26.7 Å². The highest BCUT2D eigenvalue weighted by molar-refractivity contribution is 9.10. The summed E-state index contributed by atoms with van der Waals surface area (Å²) >= 11 is 7.04. The number of halogens is 2. The molecule has 0 amide bonds. The van der Waals surface area contributed by atoms with Crippen molar-refractivity contribution in [1.82, 2.24) is 9.78 Å². The van der Waals surface area contributed by atoms with Crippen LogP contribution in [0.1, 0.15) is 24.2 Å². The molecule has 1 aromatic heterocycles. The van der Waals surface area contributed by atoms with Crippen molar-refractivity contribution in [3.63, 3.8) is 0 Å². The first-order valence-corrected chi connectivity index (χ1v) is 8.34. The van der Waals surface area contributed by atoms with Crippen LogP contribution in [0, 0.1) is 0 Å². The van der Waals surface area contributed by atoms with E-state index in [1.807, 2.05) is 10.7 Å². The van der Waals surface area contributed by atoms with Crippen LogP contribution in [0.3, 0.4) is 0 Å². The Morgan fingerprint density at radius 2 is 1.86 bits per heavy atom. The highest BCUT2D eigenvalue weighted by Crippen LogP contribution is 2.29. The topological polar surface area (TPSA) is 43.8 Å². The van der Waals surface area contributed by atoms with E-state index in [9.17, 15) is 0 Å². The zero-order chi connectivity index (χ0) is 15.0. The lowest BCUT2D eigenvalue weighted by atomic mass is 10.0. The van der Waals surface area contributed by atoms with Crippen LogP contribution >= 0.6 is 31.9 Å². The van der Waals surface area contributed by atoms with E-state index in [1.165, 1.54) is 10.8 Å². The molecule has 0 aliphatic rings. The lowest BCUT2D eigenvalue weighted by Gasteiger charge is -2.15. The second-order valence-electron chi connectivity index (χ2n) is 4.92. The summed E-state index contributed by atoms with van der Waals surface area (Å²) in [4.78, 5) is 0. The van der Waals surface area contributed by atoms with E-state index < -0.39 is 0 Å². The second kappa shape index (κ2) is 5.91. The van der Waals surface area contributed by atoms with Gasteiger partial charge >= 0.3 is 0 Å². The maximum Gasteiger partial charge on any atom is 0.0738 e. The Balaban J connectivity index is 2.07. The van der Waals surface area contributed by atoms with Gasteiger partial charge in [0, 0.05) is 11.0 Å². The first-order chi connectivity index (χ1) is 10.1. The zero-order valence-corrected chi connectivity index (χ0v) is 14.7. The third kappa shape index (κ3) is 2.78. The van der Waals surface area contributed by atoms with Crippen LogP contribution in [0.5, 0.6) is 0 Å². The van der Waals surface area contributed by atoms with Crippen LogP contribution in [0.4, 0.5) is 0 Å². The number of benzene rings is 2. The maximum absolute atomic E-state index is 6.46. The Morgan fingerprint density at radius 1 is 1.14 bits per heavy atom. The number of nitrogens with two attached hydrogens (primary N) is 1. The summed E-state index contributed by atoms with van der Waals surface area (Å²) in [6.07, 6.45) is 1.80. The average Bonchev–Trinajstić information content (AvgIpc) is 2.86. The number of hydrogen-bond donors (Lipinski definition) is 1. The third-order valence-corrected chi connectivity index (χ3v) is 4.72. The van der Waals surface area contributed by atoms with Gasteiger partial charge in [-0.3, -0.25) is 4.68 Å². The minimum Gasteiger partial charge on any atom is -0.319 e. The van der Waals surface area contributed by atoms with Crippen LogP contribution in [0.25, 0.3) is 10.8 Å². The molecule has 1 heterocycles. The maximum atomic E-state index is 6.46. The summed E-state index contributed by atoms with van der Waals surface area (Å²) in [5.41, 5.74) is 8.55. The Bertz CT molecular complexity index is 795. The summed E-state index contributed by atoms with van der Waals surface area (Å²) in [5.74, 6) is 0. The first-order valence-electron chi connectivity index (χ1n) is 6.76. The normalized spacial score (nSPS) is 12.8. The highest BCUT2D eigenvalue weighted by atomic mass is 79.9. The van der Waals surface area contributed by atoms with E-state index >= 15 is 0 Å². The van der Waals surface area contributed by atoms with Crippen molar-refractivity contribution in [2.75, 3.05) is 0 Å². The SMILES string of the molecule is CCn1ncc(Br)c1C(N)c1ccc2cc(Br)ccc2c1. The minimum atomic E-state index is -0.199. The number of aromatic nitrogens is 2. The monoisotopic (exact) mass is 407 g/mol. The highest BCUT2D eigenvalue weighted by Gasteiger charge is 2.18. The molecule has 0 radical (unpaired) electrons. The molecular weight excluding hydrogens is 394 g/mol. The van der Waals surface area contributed by atoms with Crippen molar-refractivity contribution in [2.45, 2.75) is 19.5 Å². The van der Waals surface area contributed by atoms with Gasteiger partial charge < -0.3 is 5.73 Å². The molecule has 0 spiro atoms. The molecule has 0 saturated carbocycles. The van der Waals surface area contributed by atoms with Gasteiger partial charge in [-0.1, -0.05) is 34.1 Å². The van der Waals surface area contributed by atoms with Gasteiger partial charge in [0.05, 0.1) is 22.4 Å². The molecule has 0 aliphatic carbocycles. The minimum absolute atomic E-state index is 0.199. The van der Waals surface area contributed by atoms with Gasteiger partial charge in [0.2, 0.25) is 0 Å². The van der Waals surface area contributed by atoms with Gasteiger partial charge in [-0.25, -0.2) is 0 Å².